The van der Waals surface area contributed by atoms with Gasteiger partial charge in [-0.25, -0.2) is 0 Å². The Morgan fingerprint density at radius 2 is 1.77 bits per heavy atom. The molecule has 0 aromatic rings. The molecule has 0 saturated carbocycles. The van der Waals surface area contributed by atoms with Crippen molar-refractivity contribution in [2.24, 2.45) is 11.5 Å². The van der Waals surface area contributed by atoms with Crippen LogP contribution in [0.15, 0.2) is 0 Å². The molecule has 0 radical (unpaired) electrons. The minimum absolute atomic E-state index is 0.199. The van der Waals surface area contributed by atoms with Crippen LogP contribution in [0.3, 0.4) is 0 Å². The van der Waals surface area contributed by atoms with Crippen molar-refractivity contribution in [1.82, 2.24) is 10.2 Å². The normalized spacial score (nSPS) is 11.8. The van der Waals surface area contributed by atoms with E-state index in [1.807, 2.05) is 0 Å². The molecule has 0 aliphatic carbocycles. The van der Waals surface area contributed by atoms with E-state index in [2.05, 4.69) is 12.2 Å². The first kappa shape index (κ1) is 20.4. The first-order valence-electron chi connectivity index (χ1n) is 7.95. The number of primary amides is 1. The molecule has 0 aliphatic rings. The maximum absolute atomic E-state index is 12.2. The van der Waals surface area contributed by atoms with Gasteiger partial charge >= 0.3 is 0 Å². The zero-order valence-electron chi connectivity index (χ0n) is 13.8. The number of amides is 3. The Labute approximate surface area is 132 Å². The van der Waals surface area contributed by atoms with Crippen molar-refractivity contribution in [3.8, 4) is 0 Å². The van der Waals surface area contributed by atoms with Gasteiger partial charge < -0.3 is 21.7 Å². The van der Waals surface area contributed by atoms with Crippen molar-refractivity contribution in [1.29, 1.82) is 0 Å². The summed E-state index contributed by atoms with van der Waals surface area (Å²) >= 11 is 0. The Balaban J connectivity index is 4.36. The van der Waals surface area contributed by atoms with Gasteiger partial charge in [-0.05, 0) is 6.42 Å². The Bertz CT molecular complexity index is 361. The summed E-state index contributed by atoms with van der Waals surface area (Å²) in [6.45, 7) is 2.81. The molecule has 128 valence electrons. The van der Waals surface area contributed by atoms with Gasteiger partial charge in [-0.3, -0.25) is 14.4 Å². The fourth-order valence-corrected chi connectivity index (χ4v) is 2.13. The molecule has 0 rings (SSSR count). The summed E-state index contributed by atoms with van der Waals surface area (Å²) in [5.41, 5.74) is 10.6. The van der Waals surface area contributed by atoms with E-state index in [1.54, 1.807) is 7.05 Å². The minimum Gasteiger partial charge on any atom is -0.370 e. The Morgan fingerprint density at radius 3 is 2.32 bits per heavy atom. The highest BCUT2D eigenvalue weighted by atomic mass is 16.2. The first-order chi connectivity index (χ1) is 10.4. The van der Waals surface area contributed by atoms with Gasteiger partial charge in [0.1, 0.15) is 6.04 Å². The number of carbonyl (C=O) groups is 3. The predicted octanol–water partition coefficient (Wildman–Crippen LogP) is 0.124. The standard InChI is InChI=1S/C15H30N4O3/c1-3-4-5-6-7-8-14(21)18-12(11-13(17)20)15(22)19(2)10-9-16/h12H,3-11,16H2,1-2H3,(H2,17,20)(H,18,21)/t12-/m1/s1. The van der Waals surface area contributed by atoms with Crippen LogP contribution in [0.4, 0.5) is 0 Å². The fraction of sp³-hybridized carbons (Fsp3) is 0.800. The molecule has 0 heterocycles. The average molecular weight is 314 g/mol. The molecule has 3 amide bonds. The lowest BCUT2D eigenvalue weighted by molar-refractivity contribution is -0.137. The summed E-state index contributed by atoms with van der Waals surface area (Å²) in [6, 6.07) is -0.905. The Hall–Kier alpha value is -1.63. The highest BCUT2D eigenvalue weighted by Crippen LogP contribution is 2.06. The Morgan fingerprint density at radius 1 is 1.14 bits per heavy atom. The van der Waals surface area contributed by atoms with E-state index in [-0.39, 0.29) is 18.2 Å². The van der Waals surface area contributed by atoms with Crippen LogP contribution < -0.4 is 16.8 Å². The van der Waals surface area contributed by atoms with Crippen LogP contribution in [0, 0.1) is 0 Å². The third-order valence-corrected chi connectivity index (χ3v) is 3.39. The molecule has 0 bridgehead atoms. The number of likely N-dealkylation sites (N-methyl/N-ethyl adjacent to an activating group) is 1. The van der Waals surface area contributed by atoms with Crippen molar-refractivity contribution < 1.29 is 14.4 Å². The zero-order valence-corrected chi connectivity index (χ0v) is 13.8. The van der Waals surface area contributed by atoms with Crippen LogP contribution in [-0.4, -0.2) is 48.8 Å². The number of nitrogens with zero attached hydrogens (tertiary/aromatic N) is 1. The largest absolute Gasteiger partial charge is 0.370 e. The number of carbonyl (C=O) groups excluding carboxylic acids is 3. The maximum atomic E-state index is 12.2. The van der Waals surface area contributed by atoms with Gasteiger partial charge in [0, 0.05) is 26.6 Å². The van der Waals surface area contributed by atoms with Gasteiger partial charge in [-0.1, -0.05) is 32.6 Å². The first-order valence-corrected chi connectivity index (χ1v) is 7.95. The zero-order chi connectivity index (χ0) is 17.0. The molecule has 7 heteroatoms. The molecule has 7 nitrogen and oxygen atoms in total. The van der Waals surface area contributed by atoms with Crippen molar-refractivity contribution in [2.75, 3.05) is 20.1 Å². The second kappa shape index (κ2) is 12.0. The summed E-state index contributed by atoms with van der Waals surface area (Å²) in [5.74, 6) is -1.19. The summed E-state index contributed by atoms with van der Waals surface area (Å²) in [7, 11) is 1.58. The van der Waals surface area contributed by atoms with Crippen molar-refractivity contribution in [2.45, 2.75) is 57.9 Å². The molecule has 0 spiro atoms. The number of nitrogens with two attached hydrogens (primary N) is 2. The van der Waals surface area contributed by atoms with Gasteiger partial charge in [-0.15, -0.1) is 0 Å². The van der Waals surface area contributed by atoms with E-state index >= 15 is 0 Å². The second-order valence-corrected chi connectivity index (χ2v) is 5.50. The van der Waals surface area contributed by atoms with Crippen molar-refractivity contribution in [3.05, 3.63) is 0 Å². The monoisotopic (exact) mass is 314 g/mol. The van der Waals surface area contributed by atoms with Crippen LogP contribution in [0.1, 0.15) is 51.9 Å². The summed E-state index contributed by atoms with van der Waals surface area (Å²) in [4.78, 5) is 36.5. The lowest BCUT2D eigenvalue weighted by Crippen LogP contribution is -2.50. The highest BCUT2D eigenvalue weighted by Gasteiger charge is 2.25. The van der Waals surface area contributed by atoms with Crippen LogP contribution in [-0.2, 0) is 14.4 Å². The molecule has 0 aromatic heterocycles. The van der Waals surface area contributed by atoms with E-state index in [1.165, 1.54) is 4.90 Å². The minimum atomic E-state index is -0.905. The maximum Gasteiger partial charge on any atom is 0.245 e. The molecule has 1 atom stereocenters. The SMILES string of the molecule is CCCCCCCC(=O)N[C@H](CC(N)=O)C(=O)N(C)CCN. The van der Waals surface area contributed by atoms with Crippen LogP contribution in [0.5, 0.6) is 0 Å². The van der Waals surface area contributed by atoms with Crippen LogP contribution in [0.25, 0.3) is 0 Å². The van der Waals surface area contributed by atoms with Gasteiger partial charge in [0.05, 0.1) is 6.42 Å². The molecule has 0 aromatic carbocycles. The number of nitrogens with one attached hydrogen (secondary N) is 1. The third kappa shape index (κ3) is 9.33. The van der Waals surface area contributed by atoms with Gasteiger partial charge in [0.15, 0.2) is 0 Å². The lowest BCUT2D eigenvalue weighted by Gasteiger charge is -2.23. The van der Waals surface area contributed by atoms with Gasteiger partial charge in [0.2, 0.25) is 17.7 Å². The average Bonchev–Trinajstić information content (AvgIpc) is 2.45. The predicted molar refractivity (Wildman–Crippen MR) is 85.8 cm³/mol. The molecule has 5 N–H and O–H groups in total. The van der Waals surface area contributed by atoms with E-state index in [0.29, 0.717) is 19.5 Å². The van der Waals surface area contributed by atoms with Gasteiger partial charge in [-0.2, -0.15) is 0 Å². The van der Waals surface area contributed by atoms with E-state index in [4.69, 9.17) is 11.5 Å². The second-order valence-electron chi connectivity index (χ2n) is 5.50. The number of rotatable bonds is 12. The lowest BCUT2D eigenvalue weighted by atomic mass is 10.1. The van der Waals surface area contributed by atoms with Crippen LogP contribution >= 0.6 is 0 Å². The smallest absolute Gasteiger partial charge is 0.245 e. The van der Waals surface area contributed by atoms with Crippen molar-refractivity contribution >= 4 is 17.7 Å². The molecule has 0 unspecified atom stereocenters. The quantitative estimate of drug-likeness (QED) is 0.443. The summed E-state index contributed by atoms with van der Waals surface area (Å²) in [6.07, 6.45) is 5.34. The van der Waals surface area contributed by atoms with Gasteiger partial charge in [0.25, 0.3) is 0 Å². The number of unbranched alkanes of at least 4 members (excludes halogenated alkanes) is 4. The summed E-state index contributed by atoms with van der Waals surface area (Å²) < 4.78 is 0. The van der Waals surface area contributed by atoms with E-state index < -0.39 is 11.9 Å². The highest BCUT2D eigenvalue weighted by molar-refractivity contribution is 5.91. The number of hydrogen-bond donors (Lipinski definition) is 3. The van der Waals surface area contributed by atoms with E-state index in [9.17, 15) is 14.4 Å². The van der Waals surface area contributed by atoms with Crippen molar-refractivity contribution in [3.63, 3.8) is 0 Å². The topological polar surface area (TPSA) is 119 Å². The molecule has 0 fully saturated rings. The molecule has 0 saturated heterocycles. The molecular weight excluding hydrogens is 284 g/mol. The summed E-state index contributed by atoms with van der Waals surface area (Å²) in [5, 5.41) is 2.61. The third-order valence-electron chi connectivity index (χ3n) is 3.39. The molecular formula is C15H30N4O3. The fourth-order valence-electron chi connectivity index (χ4n) is 2.13. The van der Waals surface area contributed by atoms with Crippen LogP contribution in [0.2, 0.25) is 0 Å². The molecule has 22 heavy (non-hydrogen) atoms. The van der Waals surface area contributed by atoms with E-state index in [0.717, 1.165) is 32.1 Å². The molecule has 0 aliphatic heterocycles. The number of hydrogen-bond acceptors (Lipinski definition) is 4. The Kier molecular flexibility index (Phi) is 11.1.